The minimum Gasteiger partial charge on any atom is -0.436 e. The molecule has 1 rings (SSSR count). The molecule has 1 aliphatic rings. The minimum atomic E-state index is -0.367. The second-order valence-electron chi connectivity index (χ2n) is 4.40. The molecule has 0 aliphatic carbocycles. The fraction of sp³-hybridized carbons (Fsp3) is 0.909. The maximum absolute atomic E-state index is 10.9. The van der Waals surface area contributed by atoms with Crippen molar-refractivity contribution in [2.45, 2.75) is 47.0 Å². The first kappa shape index (κ1) is 11.5. The molecule has 0 amide bonds. The highest BCUT2D eigenvalue weighted by Gasteiger charge is 2.38. The van der Waals surface area contributed by atoms with Gasteiger partial charge in [-0.1, -0.05) is 20.8 Å². The topological polar surface area (TPSA) is 35.5 Å². The second-order valence-corrected chi connectivity index (χ2v) is 4.40. The Hall–Kier alpha value is -0.570. The molecule has 0 aromatic heterocycles. The Morgan fingerprint density at radius 3 is 2.14 bits per heavy atom. The summed E-state index contributed by atoms with van der Waals surface area (Å²) in [5, 5.41) is 0. The standard InChI is InChI=1S/C11H20O3/c1-6-7(2)9(4)13-11(8(6)3)14-10(5)12/h6-9,11H,1-5H3/t6-,7-,8?,9?,11?/m0/s1. The largest absolute Gasteiger partial charge is 0.436 e. The molecule has 5 atom stereocenters. The summed E-state index contributed by atoms with van der Waals surface area (Å²) in [5.41, 5.74) is 0. The summed E-state index contributed by atoms with van der Waals surface area (Å²) in [4.78, 5) is 10.9. The first-order valence-electron chi connectivity index (χ1n) is 5.26. The van der Waals surface area contributed by atoms with Gasteiger partial charge in [0.1, 0.15) is 0 Å². The van der Waals surface area contributed by atoms with E-state index < -0.39 is 0 Å². The van der Waals surface area contributed by atoms with Gasteiger partial charge in [0, 0.05) is 12.8 Å². The molecule has 3 heteroatoms. The van der Waals surface area contributed by atoms with Gasteiger partial charge in [0.05, 0.1) is 6.10 Å². The summed E-state index contributed by atoms with van der Waals surface area (Å²) in [7, 11) is 0. The molecule has 1 aliphatic heterocycles. The SMILES string of the molecule is CC(=O)OC1OC(C)[C@@H](C)[C@H](C)C1C. The minimum absolute atomic E-state index is 0.158. The van der Waals surface area contributed by atoms with Gasteiger partial charge in [-0.25, -0.2) is 0 Å². The Labute approximate surface area is 85.8 Å². The molecule has 0 spiro atoms. The van der Waals surface area contributed by atoms with Gasteiger partial charge in [0.2, 0.25) is 6.29 Å². The van der Waals surface area contributed by atoms with E-state index in [2.05, 4.69) is 20.8 Å². The van der Waals surface area contributed by atoms with E-state index in [0.29, 0.717) is 11.8 Å². The van der Waals surface area contributed by atoms with Crippen LogP contribution in [0, 0.1) is 17.8 Å². The normalized spacial score (nSPS) is 43.4. The molecule has 0 N–H and O–H groups in total. The van der Waals surface area contributed by atoms with Crippen molar-refractivity contribution in [2.24, 2.45) is 17.8 Å². The van der Waals surface area contributed by atoms with Gasteiger partial charge in [-0.15, -0.1) is 0 Å². The lowest BCUT2D eigenvalue weighted by Gasteiger charge is -2.41. The summed E-state index contributed by atoms with van der Waals surface area (Å²) in [6, 6.07) is 0. The van der Waals surface area contributed by atoms with Crippen molar-refractivity contribution in [3.63, 3.8) is 0 Å². The van der Waals surface area contributed by atoms with Crippen LogP contribution in [-0.2, 0) is 14.3 Å². The smallest absolute Gasteiger partial charge is 0.304 e. The molecule has 1 fully saturated rings. The third-order valence-electron chi connectivity index (χ3n) is 3.46. The quantitative estimate of drug-likeness (QED) is 0.609. The lowest BCUT2D eigenvalue weighted by Crippen LogP contribution is -2.45. The molecule has 1 heterocycles. The van der Waals surface area contributed by atoms with Crippen LogP contribution in [0.3, 0.4) is 0 Å². The fourth-order valence-electron chi connectivity index (χ4n) is 1.91. The lowest BCUT2D eigenvalue weighted by atomic mass is 9.79. The van der Waals surface area contributed by atoms with Crippen molar-refractivity contribution in [1.82, 2.24) is 0 Å². The summed E-state index contributed by atoms with van der Waals surface area (Å²) in [5.74, 6) is 1.03. The molecule has 3 nitrogen and oxygen atoms in total. The number of esters is 1. The summed E-state index contributed by atoms with van der Waals surface area (Å²) >= 11 is 0. The van der Waals surface area contributed by atoms with Crippen molar-refractivity contribution in [1.29, 1.82) is 0 Å². The van der Waals surface area contributed by atoms with Crippen LogP contribution in [0.2, 0.25) is 0 Å². The summed E-state index contributed by atoms with van der Waals surface area (Å²) < 4.78 is 10.8. The lowest BCUT2D eigenvalue weighted by molar-refractivity contribution is -0.237. The van der Waals surface area contributed by atoms with Crippen molar-refractivity contribution < 1.29 is 14.3 Å². The van der Waals surface area contributed by atoms with Crippen molar-refractivity contribution in [3.05, 3.63) is 0 Å². The Morgan fingerprint density at radius 1 is 1.07 bits per heavy atom. The first-order chi connectivity index (χ1) is 6.43. The zero-order valence-corrected chi connectivity index (χ0v) is 9.61. The van der Waals surface area contributed by atoms with E-state index in [0.717, 1.165) is 0 Å². The van der Waals surface area contributed by atoms with Crippen LogP contribution in [0.15, 0.2) is 0 Å². The van der Waals surface area contributed by atoms with Crippen molar-refractivity contribution in [2.75, 3.05) is 0 Å². The number of hydrogen-bond acceptors (Lipinski definition) is 3. The Balaban J connectivity index is 2.65. The first-order valence-corrected chi connectivity index (χ1v) is 5.26. The molecule has 0 saturated carbocycles. The fourth-order valence-corrected chi connectivity index (χ4v) is 1.91. The van der Waals surface area contributed by atoms with E-state index in [1.165, 1.54) is 6.92 Å². The van der Waals surface area contributed by atoms with Gasteiger partial charge < -0.3 is 9.47 Å². The predicted octanol–water partition coefficient (Wildman–Crippen LogP) is 2.20. The van der Waals surface area contributed by atoms with Gasteiger partial charge in [-0.2, -0.15) is 0 Å². The predicted molar refractivity (Wildman–Crippen MR) is 53.6 cm³/mol. The molecule has 0 aromatic carbocycles. The zero-order valence-electron chi connectivity index (χ0n) is 9.61. The molecule has 82 valence electrons. The maximum atomic E-state index is 10.9. The van der Waals surface area contributed by atoms with Crippen LogP contribution >= 0.6 is 0 Å². The van der Waals surface area contributed by atoms with Gasteiger partial charge in [0.15, 0.2) is 0 Å². The highest BCUT2D eigenvalue weighted by molar-refractivity contribution is 5.66. The average Bonchev–Trinajstić information content (AvgIpc) is 2.10. The number of carbonyl (C=O) groups excluding carboxylic acids is 1. The van der Waals surface area contributed by atoms with Gasteiger partial charge in [-0.3, -0.25) is 4.79 Å². The Morgan fingerprint density at radius 2 is 1.64 bits per heavy atom. The molecular weight excluding hydrogens is 180 g/mol. The third-order valence-corrected chi connectivity index (χ3v) is 3.46. The van der Waals surface area contributed by atoms with Crippen LogP contribution in [0.4, 0.5) is 0 Å². The van der Waals surface area contributed by atoms with Gasteiger partial charge in [-0.05, 0) is 18.8 Å². The van der Waals surface area contributed by atoms with Crippen LogP contribution < -0.4 is 0 Å². The molecular formula is C11H20O3. The summed E-state index contributed by atoms with van der Waals surface area (Å²) in [6.07, 6.45) is -0.209. The van der Waals surface area contributed by atoms with Crippen LogP contribution in [-0.4, -0.2) is 18.4 Å². The van der Waals surface area contributed by atoms with Crippen molar-refractivity contribution >= 4 is 5.97 Å². The highest BCUT2D eigenvalue weighted by Crippen LogP contribution is 2.35. The number of ether oxygens (including phenoxy) is 2. The third kappa shape index (κ3) is 2.27. The molecule has 0 radical (unpaired) electrons. The van der Waals surface area contributed by atoms with E-state index in [4.69, 9.17) is 9.47 Å². The zero-order chi connectivity index (χ0) is 10.9. The Kier molecular flexibility index (Phi) is 3.53. The molecule has 3 unspecified atom stereocenters. The molecule has 0 bridgehead atoms. The molecule has 1 saturated heterocycles. The number of rotatable bonds is 1. The number of carbonyl (C=O) groups is 1. The molecule has 0 aromatic rings. The van der Waals surface area contributed by atoms with E-state index >= 15 is 0 Å². The number of hydrogen-bond donors (Lipinski definition) is 0. The van der Waals surface area contributed by atoms with Gasteiger partial charge >= 0.3 is 5.97 Å². The maximum Gasteiger partial charge on any atom is 0.304 e. The molecule has 14 heavy (non-hydrogen) atoms. The monoisotopic (exact) mass is 200 g/mol. The van der Waals surface area contributed by atoms with E-state index in [1.807, 2.05) is 6.92 Å². The van der Waals surface area contributed by atoms with Crippen LogP contribution in [0.1, 0.15) is 34.6 Å². The van der Waals surface area contributed by atoms with Crippen LogP contribution in [0.25, 0.3) is 0 Å². The second kappa shape index (κ2) is 4.30. The highest BCUT2D eigenvalue weighted by atomic mass is 16.7. The average molecular weight is 200 g/mol. The Bertz CT molecular complexity index is 215. The van der Waals surface area contributed by atoms with Gasteiger partial charge in [0.25, 0.3) is 0 Å². The van der Waals surface area contributed by atoms with Crippen LogP contribution in [0.5, 0.6) is 0 Å². The van der Waals surface area contributed by atoms with E-state index in [-0.39, 0.29) is 24.3 Å². The van der Waals surface area contributed by atoms with E-state index in [9.17, 15) is 4.79 Å². The van der Waals surface area contributed by atoms with Crippen molar-refractivity contribution in [3.8, 4) is 0 Å². The van der Waals surface area contributed by atoms with E-state index in [1.54, 1.807) is 0 Å². The summed E-state index contributed by atoms with van der Waals surface area (Å²) in [6.45, 7) is 9.88.